The van der Waals surface area contributed by atoms with E-state index < -0.39 is 0 Å². The zero-order valence-electron chi connectivity index (χ0n) is 15.2. The average Bonchev–Trinajstić information content (AvgIpc) is 3.24. The number of carbonyl (C=O) groups is 1. The van der Waals surface area contributed by atoms with Crippen LogP contribution in [0, 0.1) is 5.92 Å². The monoisotopic (exact) mass is 341 g/mol. The first-order valence-corrected chi connectivity index (χ1v) is 10.1. The molecule has 0 saturated carbocycles. The number of fused-ring (bicyclic) bond motifs is 2. The molecule has 0 radical (unpaired) electrons. The SMILES string of the molecule is O=C(CC1C[C@H]2CC[C@@H](C1)N2)Nc1ccc(CCN2CCCC2)cc1. The van der Waals surface area contributed by atoms with Gasteiger partial charge in [-0.25, -0.2) is 0 Å². The molecule has 0 aromatic heterocycles. The van der Waals surface area contributed by atoms with Crippen molar-refractivity contribution < 1.29 is 4.79 Å². The number of rotatable bonds is 6. The van der Waals surface area contributed by atoms with Crippen molar-refractivity contribution in [3.63, 3.8) is 0 Å². The minimum absolute atomic E-state index is 0.177. The molecular formula is C21H31N3O. The van der Waals surface area contributed by atoms with Crippen LogP contribution >= 0.6 is 0 Å². The summed E-state index contributed by atoms with van der Waals surface area (Å²) in [5, 5.41) is 6.74. The number of carbonyl (C=O) groups excluding carboxylic acids is 1. The van der Waals surface area contributed by atoms with Crippen molar-refractivity contribution in [1.82, 2.24) is 10.2 Å². The van der Waals surface area contributed by atoms with E-state index in [9.17, 15) is 4.79 Å². The van der Waals surface area contributed by atoms with Crippen molar-refractivity contribution in [3.8, 4) is 0 Å². The normalized spacial score (nSPS) is 29.0. The highest BCUT2D eigenvalue weighted by atomic mass is 16.1. The summed E-state index contributed by atoms with van der Waals surface area (Å²) in [6.45, 7) is 3.67. The van der Waals surface area contributed by atoms with Gasteiger partial charge >= 0.3 is 0 Å². The predicted octanol–water partition coefficient (Wildman–Crippen LogP) is 3.18. The van der Waals surface area contributed by atoms with Gasteiger partial charge in [-0.2, -0.15) is 0 Å². The number of benzene rings is 1. The van der Waals surface area contributed by atoms with Crippen LogP contribution in [0.4, 0.5) is 5.69 Å². The lowest BCUT2D eigenvalue weighted by molar-refractivity contribution is -0.117. The molecule has 1 amide bonds. The molecule has 0 spiro atoms. The Morgan fingerprint density at radius 3 is 2.44 bits per heavy atom. The Hall–Kier alpha value is -1.39. The largest absolute Gasteiger partial charge is 0.326 e. The molecule has 2 bridgehead atoms. The van der Waals surface area contributed by atoms with Crippen LogP contribution in [0.5, 0.6) is 0 Å². The second-order valence-corrected chi connectivity index (χ2v) is 8.22. The van der Waals surface area contributed by atoms with Crippen molar-refractivity contribution in [1.29, 1.82) is 0 Å². The number of anilines is 1. The van der Waals surface area contributed by atoms with Gasteiger partial charge in [0.05, 0.1) is 0 Å². The Kier molecular flexibility index (Phi) is 5.37. The number of likely N-dealkylation sites (tertiary alicyclic amines) is 1. The summed E-state index contributed by atoms with van der Waals surface area (Å²) in [6.07, 6.45) is 9.40. The van der Waals surface area contributed by atoms with Crippen LogP contribution < -0.4 is 10.6 Å². The summed E-state index contributed by atoms with van der Waals surface area (Å²) in [5.74, 6) is 0.731. The van der Waals surface area contributed by atoms with Crippen LogP contribution in [0.2, 0.25) is 0 Å². The van der Waals surface area contributed by atoms with Gasteiger partial charge in [-0.1, -0.05) is 12.1 Å². The van der Waals surface area contributed by atoms with Gasteiger partial charge in [0.2, 0.25) is 5.91 Å². The molecule has 1 aromatic rings. The maximum atomic E-state index is 12.4. The first kappa shape index (κ1) is 17.0. The van der Waals surface area contributed by atoms with E-state index in [1.165, 1.54) is 57.2 Å². The van der Waals surface area contributed by atoms with Gasteiger partial charge in [0, 0.05) is 30.7 Å². The van der Waals surface area contributed by atoms with E-state index in [2.05, 4.69) is 39.8 Å². The van der Waals surface area contributed by atoms with Crippen LogP contribution in [0.3, 0.4) is 0 Å². The van der Waals surface area contributed by atoms with Crippen molar-refractivity contribution in [2.75, 3.05) is 25.0 Å². The first-order valence-electron chi connectivity index (χ1n) is 10.1. The summed E-state index contributed by atoms with van der Waals surface area (Å²) < 4.78 is 0. The van der Waals surface area contributed by atoms with Gasteiger partial charge in [0.15, 0.2) is 0 Å². The molecule has 2 N–H and O–H groups in total. The number of nitrogens with one attached hydrogen (secondary N) is 2. The fourth-order valence-corrected chi connectivity index (χ4v) is 4.86. The Balaban J connectivity index is 1.22. The highest BCUT2D eigenvalue weighted by Crippen LogP contribution is 2.32. The summed E-state index contributed by atoms with van der Waals surface area (Å²) >= 11 is 0. The van der Waals surface area contributed by atoms with Crippen molar-refractivity contribution >= 4 is 11.6 Å². The number of hydrogen-bond acceptors (Lipinski definition) is 3. The Bertz CT molecular complexity index is 567. The van der Waals surface area contributed by atoms with E-state index >= 15 is 0 Å². The highest BCUT2D eigenvalue weighted by Gasteiger charge is 2.34. The molecule has 4 heteroatoms. The highest BCUT2D eigenvalue weighted by molar-refractivity contribution is 5.90. The third kappa shape index (κ3) is 4.62. The molecule has 3 fully saturated rings. The molecule has 4 rings (SSSR count). The number of nitrogens with zero attached hydrogens (tertiary/aromatic N) is 1. The molecule has 3 saturated heterocycles. The molecule has 1 aromatic carbocycles. The van der Waals surface area contributed by atoms with Gasteiger partial charge in [-0.05, 0) is 81.6 Å². The van der Waals surface area contributed by atoms with Crippen molar-refractivity contribution in [2.24, 2.45) is 5.92 Å². The van der Waals surface area contributed by atoms with Crippen LogP contribution in [0.15, 0.2) is 24.3 Å². The van der Waals surface area contributed by atoms with Gasteiger partial charge in [-0.3, -0.25) is 4.79 Å². The molecule has 25 heavy (non-hydrogen) atoms. The van der Waals surface area contributed by atoms with Gasteiger partial charge in [0.25, 0.3) is 0 Å². The van der Waals surface area contributed by atoms with E-state index in [0.29, 0.717) is 24.4 Å². The Morgan fingerprint density at radius 2 is 1.76 bits per heavy atom. The topological polar surface area (TPSA) is 44.4 Å². The van der Waals surface area contributed by atoms with Gasteiger partial charge < -0.3 is 15.5 Å². The number of piperidine rings is 1. The van der Waals surface area contributed by atoms with Crippen LogP contribution in [0.25, 0.3) is 0 Å². The van der Waals surface area contributed by atoms with E-state index in [0.717, 1.165) is 18.7 Å². The first-order chi connectivity index (χ1) is 12.2. The second kappa shape index (κ2) is 7.88. The fraction of sp³-hybridized carbons (Fsp3) is 0.667. The van der Waals surface area contributed by atoms with E-state index in [-0.39, 0.29) is 5.91 Å². The molecule has 3 aliphatic heterocycles. The molecule has 0 aliphatic carbocycles. The Labute approximate surface area is 151 Å². The lowest BCUT2D eigenvalue weighted by atomic mass is 9.89. The van der Waals surface area contributed by atoms with E-state index in [1.54, 1.807) is 0 Å². The third-order valence-corrected chi connectivity index (χ3v) is 6.20. The standard InChI is InChI=1S/C21H31N3O/c25-21(15-17-13-19-7-8-20(14-17)22-19)23-18-5-3-16(4-6-18)9-12-24-10-1-2-11-24/h3-6,17,19-20,22H,1-2,7-15H2,(H,23,25)/t17?,19-,20+. The quantitative estimate of drug-likeness (QED) is 0.835. The molecule has 3 aliphatic rings. The van der Waals surface area contributed by atoms with Gasteiger partial charge in [-0.15, -0.1) is 0 Å². The van der Waals surface area contributed by atoms with Crippen LogP contribution in [-0.4, -0.2) is 42.5 Å². The fourth-order valence-electron chi connectivity index (χ4n) is 4.86. The number of amides is 1. The lowest BCUT2D eigenvalue weighted by Crippen LogP contribution is -2.39. The summed E-state index contributed by atoms with van der Waals surface area (Å²) in [5.41, 5.74) is 2.30. The zero-order chi connectivity index (χ0) is 17.1. The van der Waals surface area contributed by atoms with Crippen LogP contribution in [0.1, 0.15) is 50.5 Å². The Morgan fingerprint density at radius 1 is 1.08 bits per heavy atom. The lowest BCUT2D eigenvalue weighted by Gasteiger charge is -2.28. The summed E-state index contributed by atoms with van der Waals surface area (Å²) in [7, 11) is 0. The predicted molar refractivity (Wildman–Crippen MR) is 102 cm³/mol. The smallest absolute Gasteiger partial charge is 0.224 e. The molecule has 3 heterocycles. The van der Waals surface area contributed by atoms with E-state index in [4.69, 9.17) is 0 Å². The molecule has 3 atom stereocenters. The molecular weight excluding hydrogens is 310 g/mol. The molecule has 4 nitrogen and oxygen atoms in total. The zero-order valence-corrected chi connectivity index (χ0v) is 15.2. The molecule has 136 valence electrons. The van der Waals surface area contributed by atoms with Crippen molar-refractivity contribution in [2.45, 2.75) is 63.5 Å². The molecule has 1 unspecified atom stereocenters. The third-order valence-electron chi connectivity index (χ3n) is 6.20. The van der Waals surface area contributed by atoms with E-state index in [1.807, 2.05) is 0 Å². The number of hydrogen-bond donors (Lipinski definition) is 2. The minimum atomic E-state index is 0.177. The van der Waals surface area contributed by atoms with Crippen molar-refractivity contribution in [3.05, 3.63) is 29.8 Å². The summed E-state index contributed by atoms with van der Waals surface area (Å²) in [4.78, 5) is 14.9. The van der Waals surface area contributed by atoms with Crippen LogP contribution in [-0.2, 0) is 11.2 Å². The average molecular weight is 341 g/mol. The summed E-state index contributed by atoms with van der Waals surface area (Å²) in [6, 6.07) is 9.76. The maximum Gasteiger partial charge on any atom is 0.224 e. The minimum Gasteiger partial charge on any atom is -0.326 e. The van der Waals surface area contributed by atoms with Gasteiger partial charge in [0.1, 0.15) is 0 Å². The second-order valence-electron chi connectivity index (χ2n) is 8.22. The maximum absolute atomic E-state index is 12.4.